The van der Waals surface area contributed by atoms with Crippen molar-refractivity contribution < 1.29 is 17.9 Å². The average molecular weight is 481 g/mol. The van der Waals surface area contributed by atoms with Crippen LogP contribution in [0.2, 0.25) is 0 Å². The van der Waals surface area contributed by atoms with E-state index in [1.165, 1.54) is 22.5 Å². The Hall–Kier alpha value is -2.58. The van der Waals surface area contributed by atoms with E-state index in [2.05, 4.69) is 41.3 Å². The smallest absolute Gasteiger partial charge is 0.246 e. The van der Waals surface area contributed by atoms with Gasteiger partial charge in [0.05, 0.1) is 6.61 Å². The van der Waals surface area contributed by atoms with Gasteiger partial charge in [0.15, 0.2) is 0 Å². The van der Waals surface area contributed by atoms with E-state index in [0.29, 0.717) is 13.0 Å². The maximum Gasteiger partial charge on any atom is 0.246 e. The summed E-state index contributed by atoms with van der Waals surface area (Å²) in [5, 5.41) is 10.2. The lowest BCUT2D eigenvalue weighted by Gasteiger charge is -2.57. The summed E-state index contributed by atoms with van der Waals surface area (Å²) in [4.78, 5) is 1.95. The van der Waals surface area contributed by atoms with Crippen molar-refractivity contribution in [3.05, 3.63) is 90.2 Å². The maximum absolute atomic E-state index is 14.4. The van der Waals surface area contributed by atoms with Crippen LogP contribution < -0.4 is 0 Å². The Morgan fingerprint density at radius 2 is 1.50 bits per heavy atom. The Labute approximate surface area is 200 Å². The highest BCUT2D eigenvalue weighted by Gasteiger charge is 2.50. The minimum absolute atomic E-state index is 0.00578. The fourth-order valence-electron chi connectivity index (χ4n) is 5.45. The largest absolute Gasteiger partial charge is 0.395 e. The van der Waals surface area contributed by atoms with Gasteiger partial charge in [0.2, 0.25) is 10.0 Å². The van der Waals surface area contributed by atoms with Gasteiger partial charge < -0.3 is 5.11 Å². The van der Waals surface area contributed by atoms with Crippen LogP contribution in [0.3, 0.4) is 0 Å². The first-order valence-corrected chi connectivity index (χ1v) is 13.2. The van der Waals surface area contributed by atoms with Crippen LogP contribution in [0.1, 0.15) is 24.3 Å². The first-order valence-electron chi connectivity index (χ1n) is 11.8. The number of halogens is 1. The molecule has 3 atom stereocenters. The Morgan fingerprint density at radius 1 is 0.853 bits per heavy atom. The molecule has 34 heavy (non-hydrogen) atoms. The number of fused-ring (bicyclic) bond motifs is 1. The number of aliphatic hydroxyl groups is 1. The second kappa shape index (κ2) is 9.58. The standard InChI is InChI=1S/C27H29FN2O3S/c28-23-10-4-5-11-26(23)34(32,33)29-16-6-7-17-30-24(18-29)27(25(30)19-31)22-14-12-21(13-15-22)20-8-2-1-3-9-20/h1-5,8-15,24-25,27,31H,6-7,16-19H2/t24-,25+,27-/m1/s1. The molecule has 5 nitrogen and oxygen atoms in total. The predicted molar refractivity (Wildman–Crippen MR) is 130 cm³/mol. The number of hydrogen-bond acceptors (Lipinski definition) is 4. The molecule has 1 N–H and O–H groups in total. The minimum Gasteiger partial charge on any atom is -0.395 e. The van der Waals surface area contributed by atoms with Gasteiger partial charge in [0.1, 0.15) is 10.7 Å². The lowest BCUT2D eigenvalue weighted by Crippen LogP contribution is -2.67. The summed E-state index contributed by atoms with van der Waals surface area (Å²) in [5.74, 6) is -0.720. The fraction of sp³-hybridized carbons (Fsp3) is 0.333. The van der Waals surface area contributed by atoms with E-state index in [1.807, 2.05) is 18.2 Å². The minimum atomic E-state index is -3.96. The molecular formula is C27H29FN2O3S. The van der Waals surface area contributed by atoms with E-state index >= 15 is 0 Å². The summed E-state index contributed by atoms with van der Waals surface area (Å²) < 4.78 is 42.6. The highest BCUT2D eigenvalue weighted by molar-refractivity contribution is 7.89. The molecule has 2 saturated heterocycles. The summed E-state index contributed by atoms with van der Waals surface area (Å²) in [6.45, 7) is 1.48. The third-order valence-electron chi connectivity index (χ3n) is 7.19. The number of benzene rings is 3. The van der Waals surface area contributed by atoms with Gasteiger partial charge in [-0.15, -0.1) is 0 Å². The zero-order chi connectivity index (χ0) is 23.7. The molecule has 178 valence electrons. The fourth-order valence-corrected chi connectivity index (χ4v) is 7.01. The van der Waals surface area contributed by atoms with E-state index in [0.717, 1.165) is 29.7 Å². The maximum atomic E-state index is 14.4. The molecule has 0 amide bonds. The zero-order valence-electron chi connectivity index (χ0n) is 18.9. The first-order chi connectivity index (χ1) is 16.5. The van der Waals surface area contributed by atoms with Crippen LogP contribution >= 0.6 is 0 Å². The second-order valence-corrected chi connectivity index (χ2v) is 11.0. The Kier molecular flexibility index (Phi) is 6.53. The Bertz CT molecular complexity index is 1230. The van der Waals surface area contributed by atoms with Gasteiger partial charge in [-0.2, -0.15) is 4.31 Å². The molecule has 2 fully saturated rings. The summed E-state index contributed by atoms with van der Waals surface area (Å²) in [7, 11) is -3.96. The lowest BCUT2D eigenvalue weighted by atomic mass is 9.74. The quantitative estimate of drug-likeness (QED) is 0.597. The van der Waals surface area contributed by atoms with Crippen molar-refractivity contribution in [1.82, 2.24) is 9.21 Å². The number of hydrogen-bond donors (Lipinski definition) is 1. The van der Waals surface area contributed by atoms with Crippen LogP contribution in [0.25, 0.3) is 11.1 Å². The van der Waals surface area contributed by atoms with Crippen LogP contribution in [-0.4, -0.2) is 61.1 Å². The monoisotopic (exact) mass is 480 g/mol. The molecular weight excluding hydrogens is 451 g/mol. The SMILES string of the molecule is O=S(=O)(c1ccccc1F)N1CCCCN2[C@H](C1)[C@@H](c1ccc(-c3ccccc3)cc1)[C@@H]2CO. The van der Waals surface area contributed by atoms with Crippen molar-refractivity contribution in [3.8, 4) is 11.1 Å². The molecule has 0 radical (unpaired) electrons. The number of aliphatic hydroxyl groups excluding tert-OH is 1. The molecule has 2 aliphatic heterocycles. The highest BCUT2D eigenvalue weighted by atomic mass is 32.2. The van der Waals surface area contributed by atoms with Crippen molar-refractivity contribution in [2.24, 2.45) is 0 Å². The summed E-state index contributed by atoms with van der Waals surface area (Å²) in [6, 6.07) is 23.9. The average Bonchev–Trinajstić information content (AvgIpc) is 2.84. The van der Waals surface area contributed by atoms with Gasteiger partial charge in [-0.25, -0.2) is 12.8 Å². The van der Waals surface area contributed by atoms with E-state index in [-0.39, 0.29) is 36.0 Å². The first kappa shape index (κ1) is 23.2. The molecule has 5 rings (SSSR count). The summed E-state index contributed by atoms with van der Waals surface area (Å²) in [5.41, 5.74) is 3.34. The van der Waals surface area contributed by atoms with Crippen molar-refractivity contribution in [3.63, 3.8) is 0 Å². The topological polar surface area (TPSA) is 60.9 Å². The number of nitrogens with zero attached hydrogens (tertiary/aromatic N) is 2. The number of sulfonamides is 1. The van der Waals surface area contributed by atoms with E-state index in [9.17, 15) is 17.9 Å². The van der Waals surface area contributed by atoms with E-state index in [4.69, 9.17) is 0 Å². The van der Waals surface area contributed by atoms with Crippen LogP contribution in [-0.2, 0) is 10.0 Å². The molecule has 2 heterocycles. The van der Waals surface area contributed by atoms with Gasteiger partial charge >= 0.3 is 0 Å². The molecule has 3 aromatic carbocycles. The molecule has 2 aliphatic rings. The molecule has 0 aliphatic carbocycles. The van der Waals surface area contributed by atoms with Gasteiger partial charge in [0, 0.05) is 31.1 Å². The molecule has 3 aromatic rings. The lowest BCUT2D eigenvalue weighted by molar-refractivity contribution is -0.0554. The van der Waals surface area contributed by atoms with Gasteiger partial charge in [-0.1, -0.05) is 66.7 Å². The van der Waals surface area contributed by atoms with Crippen molar-refractivity contribution in [1.29, 1.82) is 0 Å². The molecule has 7 heteroatoms. The van der Waals surface area contributed by atoms with Crippen molar-refractivity contribution in [2.45, 2.75) is 35.7 Å². The van der Waals surface area contributed by atoms with Gasteiger partial charge in [-0.3, -0.25) is 4.90 Å². The molecule has 0 saturated carbocycles. The third kappa shape index (κ3) is 4.18. The van der Waals surface area contributed by atoms with E-state index < -0.39 is 15.8 Å². The third-order valence-corrected chi connectivity index (χ3v) is 9.09. The molecule has 0 unspecified atom stereocenters. The number of rotatable bonds is 5. The second-order valence-electron chi connectivity index (χ2n) is 9.07. The predicted octanol–water partition coefficient (Wildman–Crippen LogP) is 4.11. The zero-order valence-corrected chi connectivity index (χ0v) is 19.7. The molecule has 0 spiro atoms. The van der Waals surface area contributed by atoms with Crippen molar-refractivity contribution in [2.75, 3.05) is 26.2 Å². The Balaban J connectivity index is 1.44. The van der Waals surface area contributed by atoms with Gasteiger partial charge in [-0.05, 0) is 48.2 Å². The molecule has 0 aromatic heterocycles. The van der Waals surface area contributed by atoms with Crippen LogP contribution in [0, 0.1) is 5.82 Å². The highest BCUT2D eigenvalue weighted by Crippen LogP contribution is 2.43. The summed E-state index contributed by atoms with van der Waals surface area (Å²) in [6.07, 6.45) is 1.53. The van der Waals surface area contributed by atoms with Crippen molar-refractivity contribution >= 4 is 10.0 Å². The van der Waals surface area contributed by atoms with Crippen LogP contribution in [0.15, 0.2) is 83.8 Å². The normalized spacial score (nSPS) is 24.0. The summed E-state index contributed by atoms with van der Waals surface area (Å²) >= 11 is 0. The Morgan fingerprint density at radius 3 is 2.21 bits per heavy atom. The molecule has 0 bridgehead atoms. The van der Waals surface area contributed by atoms with E-state index in [1.54, 1.807) is 6.07 Å². The van der Waals surface area contributed by atoms with Crippen LogP contribution in [0.5, 0.6) is 0 Å². The van der Waals surface area contributed by atoms with Crippen LogP contribution in [0.4, 0.5) is 4.39 Å². The van der Waals surface area contributed by atoms with Gasteiger partial charge in [0.25, 0.3) is 0 Å².